The monoisotopic (exact) mass is 544 g/mol. The Balaban J connectivity index is 1.34. The van der Waals surface area contributed by atoms with E-state index in [4.69, 9.17) is 4.74 Å². The molecular formula is C37H52O3. The van der Waals surface area contributed by atoms with E-state index in [1.165, 1.54) is 24.8 Å². The predicted octanol–water partition coefficient (Wildman–Crippen LogP) is 8.96. The number of hydrogen-bond donors (Lipinski definition) is 0. The second kappa shape index (κ2) is 9.30. The molecule has 0 N–H and O–H groups in total. The van der Waals surface area contributed by atoms with Crippen LogP contribution in [0, 0.1) is 56.7 Å². The Morgan fingerprint density at radius 3 is 2.30 bits per heavy atom. The first kappa shape index (κ1) is 28.2. The number of fused-ring (bicyclic) bond motifs is 7. The Labute approximate surface area is 242 Å². The van der Waals surface area contributed by atoms with E-state index in [1.807, 2.05) is 30.3 Å². The summed E-state index contributed by atoms with van der Waals surface area (Å²) in [5.41, 5.74) is 2.33. The zero-order valence-corrected chi connectivity index (χ0v) is 26.0. The van der Waals surface area contributed by atoms with Crippen molar-refractivity contribution in [1.29, 1.82) is 0 Å². The average molecular weight is 545 g/mol. The van der Waals surface area contributed by atoms with Gasteiger partial charge in [-0.2, -0.15) is 0 Å². The fourth-order valence-corrected chi connectivity index (χ4v) is 12.2. The van der Waals surface area contributed by atoms with Gasteiger partial charge >= 0.3 is 5.97 Å². The molecule has 9 unspecified atom stereocenters. The Kier molecular flexibility index (Phi) is 6.56. The molecule has 0 spiro atoms. The molecule has 5 aliphatic rings. The molecule has 1 aromatic carbocycles. The molecule has 0 heterocycles. The predicted molar refractivity (Wildman–Crippen MR) is 160 cm³/mol. The maximum Gasteiger partial charge on any atom is 0.312 e. The van der Waals surface area contributed by atoms with Crippen LogP contribution in [0.1, 0.15) is 111 Å². The zero-order chi connectivity index (χ0) is 28.7. The van der Waals surface area contributed by atoms with Crippen molar-refractivity contribution in [1.82, 2.24) is 0 Å². The molecule has 1 aromatic rings. The Morgan fingerprint density at radius 1 is 0.875 bits per heavy atom. The van der Waals surface area contributed by atoms with Gasteiger partial charge in [-0.05, 0) is 116 Å². The van der Waals surface area contributed by atoms with E-state index in [9.17, 15) is 9.59 Å². The summed E-state index contributed by atoms with van der Waals surface area (Å²) in [6.07, 6.45) is 10.6. The Hall–Kier alpha value is -1.90. The van der Waals surface area contributed by atoms with E-state index >= 15 is 0 Å². The van der Waals surface area contributed by atoms with Gasteiger partial charge in [-0.3, -0.25) is 9.59 Å². The Bertz CT molecular complexity index is 1200. The topological polar surface area (TPSA) is 43.4 Å². The van der Waals surface area contributed by atoms with E-state index in [2.05, 4.69) is 48.1 Å². The van der Waals surface area contributed by atoms with Gasteiger partial charge in [0.05, 0.1) is 5.41 Å². The Morgan fingerprint density at radius 2 is 1.60 bits per heavy atom. The van der Waals surface area contributed by atoms with Gasteiger partial charge in [-0.15, -0.1) is 0 Å². The number of Topliss-reactive ketones (excluding diaryl/α,β-unsaturated/α-hetero) is 1. The van der Waals surface area contributed by atoms with E-state index in [0.717, 1.165) is 50.5 Å². The number of carbonyl (C=O) groups is 2. The fraction of sp³-hybridized carbons (Fsp3) is 0.730. The number of esters is 1. The summed E-state index contributed by atoms with van der Waals surface area (Å²) in [6, 6.07) is 10.1. The van der Waals surface area contributed by atoms with Crippen LogP contribution in [0.5, 0.6) is 0 Å². The number of hydrogen-bond acceptors (Lipinski definition) is 3. The van der Waals surface area contributed by atoms with E-state index in [-0.39, 0.29) is 33.0 Å². The number of carbonyl (C=O) groups excluding carboxylic acids is 2. The van der Waals surface area contributed by atoms with Crippen molar-refractivity contribution >= 4 is 11.8 Å². The van der Waals surface area contributed by atoms with Crippen molar-refractivity contribution in [2.75, 3.05) is 0 Å². The second-order valence-corrected chi connectivity index (χ2v) is 16.0. The van der Waals surface area contributed by atoms with Crippen molar-refractivity contribution in [3.8, 4) is 0 Å². The van der Waals surface area contributed by atoms with Crippen molar-refractivity contribution in [3.63, 3.8) is 0 Å². The van der Waals surface area contributed by atoms with Gasteiger partial charge in [0.15, 0.2) is 0 Å². The lowest BCUT2D eigenvalue weighted by atomic mass is 9.32. The molecule has 3 heteroatoms. The molecule has 0 amide bonds. The lowest BCUT2D eigenvalue weighted by Gasteiger charge is -2.72. The van der Waals surface area contributed by atoms with Gasteiger partial charge in [0.1, 0.15) is 12.4 Å². The number of ether oxygens (including phenoxy) is 1. The molecule has 0 radical (unpaired) electrons. The first-order chi connectivity index (χ1) is 18.8. The molecule has 0 aliphatic heterocycles. The van der Waals surface area contributed by atoms with Gasteiger partial charge in [-0.25, -0.2) is 0 Å². The largest absolute Gasteiger partial charge is 0.460 e. The van der Waals surface area contributed by atoms with E-state index in [1.54, 1.807) is 0 Å². The van der Waals surface area contributed by atoms with Crippen LogP contribution in [0.2, 0.25) is 0 Å². The summed E-state index contributed by atoms with van der Waals surface area (Å²) >= 11 is 0. The van der Waals surface area contributed by atoms with Crippen LogP contribution in [0.4, 0.5) is 0 Å². The van der Waals surface area contributed by atoms with Crippen LogP contribution >= 0.6 is 0 Å². The number of rotatable bonds is 4. The standard InChI is InChI=1S/C37H52O3/c1-24(2)26-15-20-37(32(39)40-23-25-11-9-8-10-12-25)22-21-35(6)27(31(26)37)13-14-29-34(5)18-17-30(38)33(3,4)28(34)16-19-36(29,35)7/h8-12,26-29,31H,1,13-23H2,2-7H3. The number of allylic oxidation sites excluding steroid dienone is 1. The smallest absolute Gasteiger partial charge is 0.312 e. The lowest BCUT2D eigenvalue weighted by molar-refractivity contribution is -0.236. The third-order valence-corrected chi connectivity index (χ3v) is 14.4. The van der Waals surface area contributed by atoms with Crippen LogP contribution in [0.25, 0.3) is 0 Å². The van der Waals surface area contributed by atoms with Gasteiger partial charge in [0, 0.05) is 11.8 Å². The summed E-state index contributed by atoms with van der Waals surface area (Å²) in [5.74, 6) is 2.86. The minimum absolute atomic E-state index is 0.0441. The van der Waals surface area contributed by atoms with Crippen molar-refractivity contribution in [2.24, 2.45) is 56.7 Å². The molecular weight excluding hydrogens is 492 g/mol. The van der Waals surface area contributed by atoms with Crippen molar-refractivity contribution < 1.29 is 14.3 Å². The third kappa shape index (κ3) is 3.67. The maximum atomic E-state index is 14.1. The number of benzene rings is 1. The first-order valence-corrected chi connectivity index (χ1v) is 16.2. The van der Waals surface area contributed by atoms with Crippen LogP contribution < -0.4 is 0 Å². The highest BCUT2D eigenvalue weighted by molar-refractivity contribution is 5.85. The molecule has 5 fully saturated rings. The zero-order valence-electron chi connectivity index (χ0n) is 26.0. The van der Waals surface area contributed by atoms with Gasteiger partial charge in [0.25, 0.3) is 0 Å². The molecule has 9 atom stereocenters. The lowest BCUT2D eigenvalue weighted by Crippen LogP contribution is -2.66. The summed E-state index contributed by atoms with van der Waals surface area (Å²) in [4.78, 5) is 27.2. The quantitative estimate of drug-likeness (QED) is 0.281. The summed E-state index contributed by atoms with van der Waals surface area (Å²) < 4.78 is 6.16. The molecule has 3 nitrogen and oxygen atoms in total. The average Bonchev–Trinajstić information content (AvgIpc) is 3.32. The highest BCUT2D eigenvalue weighted by Gasteiger charge is 2.72. The van der Waals surface area contributed by atoms with Crippen LogP contribution in [-0.4, -0.2) is 11.8 Å². The summed E-state index contributed by atoms with van der Waals surface area (Å²) in [5, 5.41) is 0. The summed E-state index contributed by atoms with van der Waals surface area (Å²) in [7, 11) is 0. The molecule has 218 valence electrons. The minimum atomic E-state index is -0.383. The van der Waals surface area contributed by atoms with Gasteiger partial charge < -0.3 is 4.74 Å². The molecule has 5 aliphatic carbocycles. The van der Waals surface area contributed by atoms with E-state index in [0.29, 0.717) is 42.0 Å². The van der Waals surface area contributed by atoms with Gasteiger partial charge in [-0.1, -0.05) is 77.1 Å². The minimum Gasteiger partial charge on any atom is -0.460 e. The maximum absolute atomic E-state index is 14.1. The normalized spacial score (nSPS) is 45.5. The third-order valence-electron chi connectivity index (χ3n) is 14.4. The molecule has 6 rings (SSSR count). The van der Waals surface area contributed by atoms with Crippen LogP contribution in [0.3, 0.4) is 0 Å². The van der Waals surface area contributed by atoms with Crippen molar-refractivity contribution in [3.05, 3.63) is 48.0 Å². The van der Waals surface area contributed by atoms with Crippen LogP contribution in [0.15, 0.2) is 42.5 Å². The SMILES string of the molecule is C=C(C)C1CCC2(C(=O)OCc3ccccc3)CCC3(C)C(CCC4C5(C)CCC(=O)C(C)(C)C5CCC43C)C12. The molecule has 0 bridgehead atoms. The highest BCUT2D eigenvalue weighted by atomic mass is 16.5. The first-order valence-electron chi connectivity index (χ1n) is 16.2. The number of ketones is 1. The molecule has 5 saturated carbocycles. The molecule has 40 heavy (non-hydrogen) atoms. The summed E-state index contributed by atoms with van der Waals surface area (Å²) in [6.45, 7) is 19.3. The second-order valence-electron chi connectivity index (χ2n) is 16.0. The highest BCUT2D eigenvalue weighted by Crippen LogP contribution is 2.77. The fourth-order valence-electron chi connectivity index (χ4n) is 12.2. The van der Waals surface area contributed by atoms with E-state index < -0.39 is 0 Å². The van der Waals surface area contributed by atoms with Gasteiger partial charge in [0.2, 0.25) is 0 Å². The van der Waals surface area contributed by atoms with Crippen molar-refractivity contribution in [2.45, 2.75) is 112 Å². The molecule has 0 aromatic heterocycles. The molecule has 0 saturated heterocycles. The van der Waals surface area contributed by atoms with Crippen LogP contribution in [-0.2, 0) is 20.9 Å².